The first-order valence-electron chi connectivity index (χ1n) is 7.88. The summed E-state index contributed by atoms with van der Waals surface area (Å²) in [5.74, 6) is 0.814. The number of nitrogens with zero attached hydrogens (tertiary/aromatic N) is 1. The second-order valence-electron chi connectivity index (χ2n) is 5.84. The largest absolute Gasteiger partial charge is 0.313 e. The van der Waals surface area contributed by atoms with E-state index in [-0.39, 0.29) is 11.9 Å². The molecular weight excluding hydrogens is 251 g/mol. The Balaban J connectivity index is 1.84. The van der Waals surface area contributed by atoms with Crippen molar-refractivity contribution in [1.29, 1.82) is 0 Å². The van der Waals surface area contributed by atoms with Gasteiger partial charge in [0.2, 0.25) is 0 Å². The number of nitrogens with one attached hydrogen (secondary N) is 1. The van der Waals surface area contributed by atoms with E-state index >= 15 is 0 Å². The van der Waals surface area contributed by atoms with Crippen molar-refractivity contribution in [1.82, 2.24) is 10.2 Å². The Hall–Kier alpha value is -0.930. The maximum Gasteiger partial charge on any atom is 0.127 e. The first-order chi connectivity index (χ1) is 9.74. The van der Waals surface area contributed by atoms with Gasteiger partial charge in [-0.05, 0) is 57.9 Å². The second kappa shape index (κ2) is 7.75. The van der Waals surface area contributed by atoms with Gasteiger partial charge in [-0.1, -0.05) is 31.5 Å². The van der Waals surface area contributed by atoms with Crippen molar-refractivity contribution < 1.29 is 4.39 Å². The molecule has 0 spiro atoms. The van der Waals surface area contributed by atoms with Gasteiger partial charge < -0.3 is 10.2 Å². The van der Waals surface area contributed by atoms with Crippen molar-refractivity contribution in [2.45, 2.75) is 38.6 Å². The molecule has 0 saturated carbocycles. The summed E-state index contributed by atoms with van der Waals surface area (Å²) >= 11 is 0. The van der Waals surface area contributed by atoms with Crippen molar-refractivity contribution in [3.05, 3.63) is 35.6 Å². The fraction of sp³-hybridized carbons (Fsp3) is 0.647. The summed E-state index contributed by atoms with van der Waals surface area (Å²) in [4.78, 5) is 2.53. The van der Waals surface area contributed by atoms with E-state index in [1.807, 2.05) is 19.2 Å². The van der Waals surface area contributed by atoms with Crippen LogP contribution in [0.15, 0.2) is 24.3 Å². The minimum Gasteiger partial charge on any atom is -0.313 e. The molecule has 1 atom stereocenters. The number of piperidine rings is 1. The fourth-order valence-corrected chi connectivity index (χ4v) is 3.14. The van der Waals surface area contributed by atoms with E-state index in [1.165, 1.54) is 32.4 Å². The third-order valence-electron chi connectivity index (χ3n) is 4.65. The highest BCUT2D eigenvalue weighted by Gasteiger charge is 2.19. The number of likely N-dealkylation sites (tertiary alicyclic amines) is 1. The van der Waals surface area contributed by atoms with Crippen LogP contribution in [0.3, 0.4) is 0 Å². The molecule has 3 heteroatoms. The molecular formula is C17H27FN2. The molecule has 1 unspecified atom stereocenters. The third kappa shape index (κ3) is 4.03. The van der Waals surface area contributed by atoms with E-state index < -0.39 is 0 Å². The maximum atomic E-state index is 13.8. The summed E-state index contributed by atoms with van der Waals surface area (Å²) in [6.07, 6.45) is 4.91. The summed E-state index contributed by atoms with van der Waals surface area (Å²) in [6.45, 7) is 5.74. The standard InChI is InChI=1S/C17H27FN2/c1-3-14-8-11-20(12-9-14)13-10-17(19-2)15-6-4-5-7-16(15)18/h4-7,14,17,19H,3,8-13H2,1-2H3. The molecule has 112 valence electrons. The second-order valence-corrected chi connectivity index (χ2v) is 5.84. The van der Waals surface area contributed by atoms with Crippen molar-refractivity contribution in [3.8, 4) is 0 Å². The van der Waals surface area contributed by atoms with Crippen LogP contribution >= 0.6 is 0 Å². The van der Waals surface area contributed by atoms with Crippen LogP contribution in [0.1, 0.15) is 44.2 Å². The number of rotatable bonds is 6. The fourth-order valence-electron chi connectivity index (χ4n) is 3.14. The zero-order chi connectivity index (χ0) is 14.4. The Morgan fingerprint density at radius 3 is 2.60 bits per heavy atom. The van der Waals surface area contributed by atoms with Gasteiger partial charge in [0.25, 0.3) is 0 Å². The zero-order valence-electron chi connectivity index (χ0n) is 12.7. The van der Waals surface area contributed by atoms with E-state index in [1.54, 1.807) is 12.1 Å². The Morgan fingerprint density at radius 2 is 2.00 bits per heavy atom. The monoisotopic (exact) mass is 278 g/mol. The van der Waals surface area contributed by atoms with Gasteiger partial charge in [0.15, 0.2) is 0 Å². The van der Waals surface area contributed by atoms with Crippen LogP contribution in [0.4, 0.5) is 4.39 Å². The highest BCUT2D eigenvalue weighted by Crippen LogP contribution is 2.23. The van der Waals surface area contributed by atoms with Crippen molar-refractivity contribution in [3.63, 3.8) is 0 Å². The third-order valence-corrected chi connectivity index (χ3v) is 4.65. The van der Waals surface area contributed by atoms with Gasteiger partial charge in [-0.25, -0.2) is 4.39 Å². The molecule has 1 aliphatic heterocycles. The Morgan fingerprint density at radius 1 is 1.30 bits per heavy atom. The van der Waals surface area contributed by atoms with E-state index in [9.17, 15) is 4.39 Å². The first kappa shape index (κ1) is 15.5. The van der Waals surface area contributed by atoms with Crippen LogP contribution in [-0.4, -0.2) is 31.6 Å². The highest BCUT2D eigenvalue weighted by atomic mass is 19.1. The predicted octanol–water partition coefficient (Wildman–Crippen LogP) is 3.60. The summed E-state index contributed by atoms with van der Waals surface area (Å²) in [7, 11) is 1.92. The van der Waals surface area contributed by atoms with Gasteiger partial charge in [0.05, 0.1) is 0 Å². The van der Waals surface area contributed by atoms with E-state index in [0.717, 1.165) is 24.4 Å². The smallest absolute Gasteiger partial charge is 0.127 e. The van der Waals surface area contributed by atoms with E-state index in [4.69, 9.17) is 0 Å². The number of halogens is 1. The van der Waals surface area contributed by atoms with E-state index in [2.05, 4.69) is 17.1 Å². The Bertz CT molecular complexity index is 400. The molecule has 1 aliphatic rings. The van der Waals surface area contributed by atoms with Gasteiger partial charge in [0, 0.05) is 11.6 Å². The van der Waals surface area contributed by atoms with E-state index in [0.29, 0.717) is 0 Å². The topological polar surface area (TPSA) is 15.3 Å². The van der Waals surface area contributed by atoms with Crippen LogP contribution < -0.4 is 5.32 Å². The quantitative estimate of drug-likeness (QED) is 0.855. The SMILES string of the molecule is CCC1CCN(CCC(NC)c2ccccc2F)CC1. The zero-order valence-corrected chi connectivity index (χ0v) is 12.7. The Kier molecular flexibility index (Phi) is 5.99. The molecule has 1 heterocycles. The molecule has 1 fully saturated rings. The number of hydrogen-bond donors (Lipinski definition) is 1. The lowest BCUT2D eigenvalue weighted by Crippen LogP contribution is -2.35. The first-order valence-corrected chi connectivity index (χ1v) is 7.88. The molecule has 0 radical (unpaired) electrons. The molecule has 20 heavy (non-hydrogen) atoms. The summed E-state index contributed by atoms with van der Waals surface area (Å²) in [5, 5.41) is 3.25. The van der Waals surface area contributed by atoms with Crippen LogP contribution in [0.2, 0.25) is 0 Å². The van der Waals surface area contributed by atoms with Crippen LogP contribution in [0, 0.1) is 11.7 Å². The van der Waals surface area contributed by atoms with Crippen molar-refractivity contribution >= 4 is 0 Å². The van der Waals surface area contributed by atoms with Gasteiger partial charge in [0.1, 0.15) is 5.82 Å². The molecule has 1 aromatic carbocycles. The average molecular weight is 278 g/mol. The lowest BCUT2D eigenvalue weighted by molar-refractivity contribution is 0.175. The molecule has 0 aliphatic carbocycles. The van der Waals surface area contributed by atoms with Crippen LogP contribution in [-0.2, 0) is 0 Å². The average Bonchev–Trinajstić information content (AvgIpc) is 2.50. The van der Waals surface area contributed by atoms with Gasteiger partial charge in [-0.2, -0.15) is 0 Å². The lowest BCUT2D eigenvalue weighted by atomic mass is 9.94. The van der Waals surface area contributed by atoms with Crippen molar-refractivity contribution in [2.75, 3.05) is 26.7 Å². The van der Waals surface area contributed by atoms with Gasteiger partial charge in [-0.15, -0.1) is 0 Å². The summed E-state index contributed by atoms with van der Waals surface area (Å²) in [5.41, 5.74) is 0.790. The maximum absolute atomic E-state index is 13.8. The predicted molar refractivity (Wildman–Crippen MR) is 82.3 cm³/mol. The number of hydrogen-bond acceptors (Lipinski definition) is 2. The molecule has 0 bridgehead atoms. The van der Waals surface area contributed by atoms with Gasteiger partial charge in [-0.3, -0.25) is 0 Å². The normalized spacial score (nSPS) is 19.1. The minimum atomic E-state index is -0.100. The lowest BCUT2D eigenvalue weighted by Gasteiger charge is -2.32. The summed E-state index contributed by atoms with van der Waals surface area (Å²) < 4.78 is 13.8. The van der Waals surface area contributed by atoms with Crippen LogP contribution in [0.25, 0.3) is 0 Å². The summed E-state index contributed by atoms with van der Waals surface area (Å²) in [6, 6.07) is 7.21. The minimum absolute atomic E-state index is 0.100. The molecule has 1 saturated heterocycles. The molecule has 2 rings (SSSR count). The molecule has 1 N–H and O–H groups in total. The molecule has 1 aromatic rings. The molecule has 2 nitrogen and oxygen atoms in total. The van der Waals surface area contributed by atoms with Crippen LogP contribution in [0.5, 0.6) is 0 Å². The number of benzene rings is 1. The van der Waals surface area contributed by atoms with Crippen molar-refractivity contribution in [2.24, 2.45) is 5.92 Å². The highest BCUT2D eigenvalue weighted by molar-refractivity contribution is 5.21. The Labute approximate surface area is 122 Å². The molecule has 0 amide bonds. The molecule has 0 aromatic heterocycles. The van der Waals surface area contributed by atoms with Gasteiger partial charge >= 0.3 is 0 Å².